The second-order valence-electron chi connectivity index (χ2n) is 4.80. The summed E-state index contributed by atoms with van der Waals surface area (Å²) in [5, 5.41) is -0.175. The molecule has 3 rings (SSSR count). The molecule has 0 radical (unpaired) electrons. The van der Waals surface area contributed by atoms with E-state index in [1.807, 2.05) is 12.1 Å². The molecule has 0 bridgehead atoms. The highest BCUT2D eigenvalue weighted by Gasteiger charge is 2.23. The second kappa shape index (κ2) is 5.18. The van der Waals surface area contributed by atoms with Crippen LogP contribution in [-0.2, 0) is 6.42 Å². The molecular formula is C16H14BrClO. The third-order valence-corrected chi connectivity index (χ3v) is 4.44. The summed E-state index contributed by atoms with van der Waals surface area (Å²) in [6, 6.07) is 12.4. The van der Waals surface area contributed by atoms with Crippen LogP contribution in [0.5, 0.6) is 5.75 Å². The zero-order valence-electron chi connectivity index (χ0n) is 10.6. The van der Waals surface area contributed by atoms with Gasteiger partial charge in [-0.15, -0.1) is 11.6 Å². The van der Waals surface area contributed by atoms with Crippen molar-refractivity contribution in [3.05, 3.63) is 63.1 Å². The number of hydrogen-bond donors (Lipinski definition) is 0. The van der Waals surface area contributed by atoms with Gasteiger partial charge in [0.25, 0.3) is 0 Å². The molecule has 19 heavy (non-hydrogen) atoms. The van der Waals surface area contributed by atoms with Gasteiger partial charge in [-0.1, -0.05) is 40.2 Å². The summed E-state index contributed by atoms with van der Waals surface area (Å²) < 4.78 is 6.82. The minimum absolute atomic E-state index is 0.175. The van der Waals surface area contributed by atoms with Gasteiger partial charge < -0.3 is 4.74 Å². The van der Waals surface area contributed by atoms with Gasteiger partial charge in [-0.3, -0.25) is 0 Å². The number of benzene rings is 2. The number of aryl methyl sites for hydroxylation is 1. The van der Waals surface area contributed by atoms with Gasteiger partial charge in [0.05, 0.1) is 12.0 Å². The zero-order valence-corrected chi connectivity index (χ0v) is 13.0. The summed E-state index contributed by atoms with van der Waals surface area (Å²) >= 11 is 10.3. The van der Waals surface area contributed by atoms with E-state index in [0.717, 1.165) is 34.4 Å². The largest absolute Gasteiger partial charge is 0.493 e. The Morgan fingerprint density at radius 2 is 2.00 bits per heavy atom. The van der Waals surface area contributed by atoms with Crippen molar-refractivity contribution >= 4 is 27.5 Å². The third-order valence-electron chi connectivity index (χ3n) is 3.51. The molecule has 2 aromatic carbocycles. The van der Waals surface area contributed by atoms with E-state index >= 15 is 0 Å². The fourth-order valence-corrected chi connectivity index (χ4v) is 3.45. The molecule has 1 aliphatic rings. The number of fused-ring (bicyclic) bond motifs is 1. The van der Waals surface area contributed by atoms with Gasteiger partial charge in [0, 0.05) is 16.5 Å². The average molecular weight is 338 g/mol. The Bertz CT molecular complexity index is 624. The lowest BCUT2D eigenvalue weighted by Gasteiger charge is -2.16. The van der Waals surface area contributed by atoms with Crippen LogP contribution in [0.15, 0.2) is 40.9 Å². The molecule has 1 nitrogen and oxygen atoms in total. The first-order valence-corrected chi connectivity index (χ1v) is 7.54. The Morgan fingerprint density at radius 3 is 2.79 bits per heavy atom. The zero-order chi connectivity index (χ0) is 13.4. The highest BCUT2D eigenvalue weighted by Crippen LogP contribution is 2.42. The van der Waals surface area contributed by atoms with Gasteiger partial charge in [0.1, 0.15) is 5.75 Å². The first-order valence-electron chi connectivity index (χ1n) is 6.31. The molecule has 1 atom stereocenters. The van der Waals surface area contributed by atoms with Crippen molar-refractivity contribution in [2.75, 3.05) is 6.61 Å². The summed E-state index contributed by atoms with van der Waals surface area (Å²) in [6.45, 7) is 2.83. The molecule has 0 spiro atoms. The number of alkyl halides is 1. The van der Waals surface area contributed by atoms with Gasteiger partial charge in [0.15, 0.2) is 0 Å². The van der Waals surface area contributed by atoms with E-state index in [4.69, 9.17) is 16.3 Å². The van der Waals surface area contributed by atoms with Gasteiger partial charge in [-0.25, -0.2) is 0 Å². The quantitative estimate of drug-likeness (QED) is 0.699. The van der Waals surface area contributed by atoms with Crippen LogP contribution in [0.2, 0.25) is 0 Å². The first kappa shape index (κ1) is 13.0. The monoisotopic (exact) mass is 336 g/mol. The van der Waals surface area contributed by atoms with Crippen molar-refractivity contribution in [1.82, 2.24) is 0 Å². The summed E-state index contributed by atoms with van der Waals surface area (Å²) in [5.74, 6) is 0.964. The van der Waals surface area contributed by atoms with Crippen molar-refractivity contribution in [2.24, 2.45) is 0 Å². The van der Waals surface area contributed by atoms with Crippen LogP contribution >= 0.6 is 27.5 Å². The highest BCUT2D eigenvalue weighted by atomic mass is 79.9. The number of ether oxygens (including phenoxy) is 1. The normalized spacial score (nSPS) is 14.9. The summed E-state index contributed by atoms with van der Waals surface area (Å²) in [6.07, 6.45) is 0.957. The van der Waals surface area contributed by atoms with Gasteiger partial charge in [-0.05, 0) is 35.7 Å². The molecule has 0 saturated carbocycles. The lowest BCUT2D eigenvalue weighted by Crippen LogP contribution is -1.99. The predicted molar refractivity (Wildman–Crippen MR) is 82.2 cm³/mol. The second-order valence-corrected chi connectivity index (χ2v) is 6.15. The summed E-state index contributed by atoms with van der Waals surface area (Å²) in [5.41, 5.74) is 4.63. The minimum Gasteiger partial charge on any atom is -0.493 e. The Kier molecular flexibility index (Phi) is 3.55. The van der Waals surface area contributed by atoms with Crippen LogP contribution in [0, 0.1) is 6.92 Å². The van der Waals surface area contributed by atoms with Gasteiger partial charge in [0.2, 0.25) is 0 Å². The van der Waals surface area contributed by atoms with E-state index in [1.54, 1.807) is 0 Å². The minimum atomic E-state index is -0.175. The molecule has 3 heteroatoms. The standard InChI is InChI=1S/C16H14BrClO/c1-10-4-2-3-5-13(10)15(18)14-9-12(17)8-11-6-7-19-16(11)14/h2-5,8-9,15H,6-7H2,1H3. The van der Waals surface area contributed by atoms with Crippen molar-refractivity contribution in [3.8, 4) is 5.75 Å². The topological polar surface area (TPSA) is 9.23 Å². The molecule has 0 fully saturated rings. The molecule has 0 saturated heterocycles. The maximum Gasteiger partial charge on any atom is 0.127 e. The fourth-order valence-electron chi connectivity index (χ4n) is 2.52. The van der Waals surface area contributed by atoms with E-state index < -0.39 is 0 Å². The molecule has 0 amide bonds. The van der Waals surface area contributed by atoms with E-state index in [2.05, 4.69) is 47.1 Å². The fraction of sp³-hybridized carbons (Fsp3) is 0.250. The summed E-state index contributed by atoms with van der Waals surface area (Å²) in [4.78, 5) is 0. The predicted octanol–water partition coefficient (Wildman–Crippen LogP) is 5.02. The third kappa shape index (κ3) is 2.39. The van der Waals surface area contributed by atoms with Crippen LogP contribution < -0.4 is 4.74 Å². The van der Waals surface area contributed by atoms with E-state index in [-0.39, 0.29) is 5.38 Å². The maximum atomic E-state index is 6.69. The molecule has 2 aromatic rings. The Labute approximate surface area is 126 Å². The van der Waals surface area contributed by atoms with Gasteiger partial charge >= 0.3 is 0 Å². The molecule has 0 N–H and O–H groups in total. The Hall–Kier alpha value is -0.990. The maximum absolute atomic E-state index is 6.69. The van der Waals surface area contributed by atoms with Crippen LogP contribution in [0.1, 0.15) is 27.6 Å². The Morgan fingerprint density at radius 1 is 1.21 bits per heavy atom. The van der Waals surface area contributed by atoms with E-state index in [0.29, 0.717) is 0 Å². The molecule has 0 aliphatic carbocycles. The van der Waals surface area contributed by atoms with Crippen LogP contribution in [0.3, 0.4) is 0 Å². The lowest BCUT2D eigenvalue weighted by atomic mass is 9.97. The van der Waals surface area contributed by atoms with Crippen molar-refractivity contribution in [2.45, 2.75) is 18.7 Å². The van der Waals surface area contributed by atoms with Crippen LogP contribution in [0.25, 0.3) is 0 Å². The van der Waals surface area contributed by atoms with Crippen LogP contribution in [0.4, 0.5) is 0 Å². The van der Waals surface area contributed by atoms with Crippen molar-refractivity contribution < 1.29 is 4.74 Å². The van der Waals surface area contributed by atoms with Crippen molar-refractivity contribution in [3.63, 3.8) is 0 Å². The Balaban J connectivity index is 2.10. The molecule has 98 valence electrons. The summed E-state index contributed by atoms with van der Waals surface area (Å²) in [7, 11) is 0. The van der Waals surface area contributed by atoms with E-state index in [9.17, 15) is 0 Å². The number of halogens is 2. The molecular weight excluding hydrogens is 324 g/mol. The average Bonchev–Trinajstić information content (AvgIpc) is 2.85. The first-order chi connectivity index (χ1) is 9.16. The lowest BCUT2D eigenvalue weighted by molar-refractivity contribution is 0.353. The molecule has 1 unspecified atom stereocenters. The van der Waals surface area contributed by atoms with Gasteiger partial charge in [-0.2, -0.15) is 0 Å². The highest BCUT2D eigenvalue weighted by molar-refractivity contribution is 9.10. The molecule has 0 aromatic heterocycles. The molecule has 1 aliphatic heterocycles. The van der Waals surface area contributed by atoms with E-state index in [1.165, 1.54) is 11.1 Å². The van der Waals surface area contributed by atoms with Crippen LogP contribution in [-0.4, -0.2) is 6.61 Å². The molecule has 1 heterocycles. The number of rotatable bonds is 2. The smallest absolute Gasteiger partial charge is 0.127 e. The SMILES string of the molecule is Cc1ccccc1C(Cl)c1cc(Br)cc2c1OCC2. The number of hydrogen-bond acceptors (Lipinski definition) is 1. The van der Waals surface area contributed by atoms with Crippen molar-refractivity contribution in [1.29, 1.82) is 0 Å².